The average Bonchev–Trinajstić information content (AvgIpc) is 2.24. The van der Waals surface area contributed by atoms with Crippen LogP contribution >= 0.6 is 0 Å². The first-order valence-electron chi connectivity index (χ1n) is 6.32. The first kappa shape index (κ1) is 14.1. The third kappa shape index (κ3) is 4.44. The van der Waals surface area contributed by atoms with Crippen LogP contribution in [0.4, 0.5) is 0 Å². The Morgan fingerprint density at radius 3 is 2.59 bits per heavy atom. The molecular weight excluding hydrogens is 212 g/mol. The normalized spacial score (nSPS) is 13.1. The van der Waals surface area contributed by atoms with Crippen molar-refractivity contribution in [1.82, 2.24) is 10.3 Å². The molecule has 1 N–H and O–H groups in total. The van der Waals surface area contributed by atoms with E-state index in [-0.39, 0.29) is 12.1 Å². The van der Waals surface area contributed by atoms with Crippen molar-refractivity contribution in [2.24, 2.45) is 0 Å². The van der Waals surface area contributed by atoms with E-state index >= 15 is 0 Å². The van der Waals surface area contributed by atoms with Crippen LogP contribution in [-0.2, 0) is 4.74 Å². The van der Waals surface area contributed by atoms with E-state index in [0.29, 0.717) is 6.61 Å². The first-order valence-corrected chi connectivity index (χ1v) is 6.32. The monoisotopic (exact) mass is 236 g/mol. The van der Waals surface area contributed by atoms with Gasteiger partial charge in [-0.1, -0.05) is 13.0 Å². The molecule has 1 heterocycles. The van der Waals surface area contributed by atoms with Crippen LogP contribution in [-0.4, -0.2) is 24.2 Å². The molecule has 3 nitrogen and oxygen atoms in total. The van der Waals surface area contributed by atoms with Gasteiger partial charge in [0.05, 0.1) is 24.4 Å². The number of hydrogen-bond acceptors (Lipinski definition) is 3. The number of ether oxygens (including phenoxy) is 1. The largest absolute Gasteiger partial charge is 0.377 e. The molecule has 1 atom stereocenters. The average molecular weight is 236 g/mol. The molecule has 17 heavy (non-hydrogen) atoms. The van der Waals surface area contributed by atoms with Gasteiger partial charge in [-0.05, 0) is 45.4 Å². The van der Waals surface area contributed by atoms with Crippen molar-refractivity contribution in [2.75, 3.05) is 13.2 Å². The van der Waals surface area contributed by atoms with Crippen LogP contribution in [0.5, 0.6) is 0 Å². The van der Waals surface area contributed by atoms with Gasteiger partial charge < -0.3 is 10.1 Å². The van der Waals surface area contributed by atoms with Crippen LogP contribution in [0.2, 0.25) is 0 Å². The van der Waals surface area contributed by atoms with Gasteiger partial charge >= 0.3 is 0 Å². The van der Waals surface area contributed by atoms with Crippen LogP contribution in [0, 0.1) is 13.8 Å². The molecule has 0 spiro atoms. The summed E-state index contributed by atoms with van der Waals surface area (Å²) < 4.78 is 5.69. The topological polar surface area (TPSA) is 34.1 Å². The van der Waals surface area contributed by atoms with E-state index in [1.54, 1.807) is 0 Å². The van der Waals surface area contributed by atoms with Gasteiger partial charge in [-0.25, -0.2) is 0 Å². The molecule has 0 bridgehead atoms. The van der Waals surface area contributed by atoms with E-state index in [1.165, 1.54) is 11.1 Å². The third-order valence-electron chi connectivity index (χ3n) is 2.63. The van der Waals surface area contributed by atoms with Gasteiger partial charge in [-0.3, -0.25) is 4.98 Å². The fourth-order valence-electron chi connectivity index (χ4n) is 1.86. The molecule has 1 rings (SSSR count). The van der Waals surface area contributed by atoms with Gasteiger partial charge in [-0.2, -0.15) is 0 Å². The van der Waals surface area contributed by atoms with Crippen molar-refractivity contribution in [3.63, 3.8) is 0 Å². The Balaban J connectivity index is 2.81. The maximum absolute atomic E-state index is 5.69. The second kappa shape index (κ2) is 6.72. The number of hydrogen-bond donors (Lipinski definition) is 1. The van der Waals surface area contributed by atoms with Crippen molar-refractivity contribution in [3.05, 3.63) is 29.1 Å². The zero-order valence-electron chi connectivity index (χ0n) is 11.6. The van der Waals surface area contributed by atoms with Crippen LogP contribution in [0.3, 0.4) is 0 Å². The van der Waals surface area contributed by atoms with Gasteiger partial charge in [-0.15, -0.1) is 0 Å². The maximum atomic E-state index is 5.69. The zero-order chi connectivity index (χ0) is 12.8. The molecule has 0 amide bonds. The lowest BCUT2D eigenvalue weighted by molar-refractivity contribution is 0.0605. The summed E-state index contributed by atoms with van der Waals surface area (Å²) in [4.78, 5) is 4.53. The molecule has 0 aliphatic rings. The smallest absolute Gasteiger partial charge is 0.0735 e. The second-order valence-electron chi connectivity index (χ2n) is 4.71. The van der Waals surface area contributed by atoms with E-state index in [9.17, 15) is 0 Å². The molecular formula is C14H24N2O. The van der Waals surface area contributed by atoms with E-state index in [0.717, 1.165) is 12.2 Å². The minimum Gasteiger partial charge on any atom is -0.377 e. The number of pyridine rings is 1. The lowest BCUT2D eigenvalue weighted by atomic mass is 10.1. The Bertz CT molecular complexity index is 350. The van der Waals surface area contributed by atoms with Crippen molar-refractivity contribution in [1.29, 1.82) is 0 Å². The Morgan fingerprint density at radius 1 is 1.35 bits per heavy atom. The third-order valence-corrected chi connectivity index (χ3v) is 2.63. The van der Waals surface area contributed by atoms with Gasteiger partial charge in [0.25, 0.3) is 0 Å². The second-order valence-corrected chi connectivity index (χ2v) is 4.71. The highest BCUT2D eigenvalue weighted by Gasteiger charge is 2.15. The van der Waals surface area contributed by atoms with Gasteiger partial charge in [0.2, 0.25) is 0 Å². The van der Waals surface area contributed by atoms with E-state index in [2.05, 4.69) is 51.0 Å². The predicted molar refractivity (Wildman–Crippen MR) is 71.2 cm³/mol. The number of rotatable bonds is 6. The van der Waals surface area contributed by atoms with Crippen LogP contribution in [0.1, 0.15) is 43.6 Å². The van der Waals surface area contributed by atoms with Crippen LogP contribution < -0.4 is 5.32 Å². The molecule has 0 fully saturated rings. The number of likely N-dealkylation sites (N-methyl/N-ethyl adjacent to an activating group) is 1. The molecule has 1 aromatic heterocycles. The minimum absolute atomic E-state index is 0.183. The van der Waals surface area contributed by atoms with E-state index in [4.69, 9.17) is 4.74 Å². The van der Waals surface area contributed by atoms with Crippen LogP contribution in [0.15, 0.2) is 12.3 Å². The molecule has 0 aliphatic carbocycles. The summed E-state index contributed by atoms with van der Waals surface area (Å²) in [5, 5.41) is 3.43. The fourth-order valence-corrected chi connectivity index (χ4v) is 1.86. The van der Waals surface area contributed by atoms with E-state index < -0.39 is 0 Å². The number of nitrogens with zero attached hydrogens (tertiary/aromatic N) is 1. The summed E-state index contributed by atoms with van der Waals surface area (Å²) in [6, 6.07) is 2.35. The van der Waals surface area contributed by atoms with Gasteiger partial charge in [0, 0.05) is 6.20 Å². The number of aromatic nitrogens is 1. The minimum atomic E-state index is 0.183. The molecule has 1 unspecified atom stereocenters. The lowest BCUT2D eigenvalue weighted by Gasteiger charge is -2.20. The molecule has 3 heteroatoms. The molecule has 0 saturated carbocycles. The number of nitrogens with one attached hydrogen (secondary N) is 1. The predicted octanol–water partition coefficient (Wildman–Crippen LogP) is 2.77. The lowest BCUT2D eigenvalue weighted by Crippen LogP contribution is -2.28. The summed E-state index contributed by atoms with van der Waals surface area (Å²) in [5.74, 6) is 0. The molecule has 0 radical (unpaired) electrons. The first-order chi connectivity index (χ1) is 8.04. The summed E-state index contributed by atoms with van der Waals surface area (Å²) in [5.41, 5.74) is 3.52. The Hall–Kier alpha value is -0.930. The summed E-state index contributed by atoms with van der Waals surface area (Å²) in [7, 11) is 0. The summed E-state index contributed by atoms with van der Waals surface area (Å²) in [6.07, 6.45) is 2.17. The van der Waals surface area contributed by atoms with E-state index in [1.807, 2.05) is 6.20 Å². The fraction of sp³-hybridized carbons (Fsp3) is 0.643. The molecule has 0 saturated heterocycles. The Labute approximate surface area is 105 Å². The van der Waals surface area contributed by atoms with Crippen molar-refractivity contribution >= 4 is 0 Å². The number of aryl methyl sites for hydroxylation is 2. The molecule has 0 aliphatic heterocycles. The zero-order valence-corrected chi connectivity index (χ0v) is 11.6. The van der Waals surface area contributed by atoms with Gasteiger partial charge in [0.1, 0.15) is 0 Å². The van der Waals surface area contributed by atoms with Gasteiger partial charge in [0.15, 0.2) is 0 Å². The van der Waals surface area contributed by atoms with Crippen molar-refractivity contribution in [2.45, 2.75) is 46.8 Å². The van der Waals surface area contributed by atoms with Crippen molar-refractivity contribution in [3.8, 4) is 0 Å². The molecule has 96 valence electrons. The Kier molecular flexibility index (Phi) is 5.59. The SMILES string of the molecule is CCNC(COC(C)C)c1ncc(C)cc1C. The van der Waals surface area contributed by atoms with Crippen LogP contribution in [0.25, 0.3) is 0 Å². The highest BCUT2D eigenvalue weighted by Crippen LogP contribution is 2.17. The molecule has 0 aromatic carbocycles. The Morgan fingerprint density at radius 2 is 2.06 bits per heavy atom. The standard InChI is InChI=1S/C14H24N2O/c1-6-15-13(9-17-10(2)3)14-12(5)7-11(4)8-16-14/h7-8,10,13,15H,6,9H2,1-5H3. The highest BCUT2D eigenvalue weighted by molar-refractivity contribution is 5.25. The van der Waals surface area contributed by atoms with Crippen molar-refractivity contribution < 1.29 is 4.74 Å². The molecule has 1 aromatic rings. The maximum Gasteiger partial charge on any atom is 0.0735 e. The summed E-state index contributed by atoms with van der Waals surface area (Å²) >= 11 is 0. The quantitative estimate of drug-likeness (QED) is 0.824. The summed E-state index contributed by atoms with van der Waals surface area (Å²) in [6.45, 7) is 12.0. The highest BCUT2D eigenvalue weighted by atomic mass is 16.5.